The van der Waals surface area contributed by atoms with Gasteiger partial charge in [0.05, 0.1) is 5.02 Å². The maximum atomic E-state index is 14.3. The molecule has 0 aliphatic heterocycles. The van der Waals surface area contributed by atoms with E-state index in [2.05, 4.69) is 39.9 Å². The van der Waals surface area contributed by atoms with Crippen molar-refractivity contribution >= 4 is 11.6 Å². The van der Waals surface area contributed by atoms with E-state index in [0.29, 0.717) is 5.92 Å². The van der Waals surface area contributed by atoms with Gasteiger partial charge in [0.15, 0.2) is 0 Å². The van der Waals surface area contributed by atoms with E-state index in [-0.39, 0.29) is 22.3 Å². The largest absolute Gasteiger partial charge is 0.311 e. The standard InChI is InChI=1S/C17H27ClFN/c1-6-8-12(2)14(11-20-17(3,4)5)13-9-7-10-15(18)16(13)19/h7,9-10,12,14,20H,6,8,11H2,1-5H3. The lowest BCUT2D eigenvalue weighted by molar-refractivity contribution is 0.342. The molecule has 0 amide bonds. The van der Waals surface area contributed by atoms with Crippen molar-refractivity contribution in [2.24, 2.45) is 5.92 Å². The molecule has 20 heavy (non-hydrogen) atoms. The molecule has 114 valence electrons. The molecule has 0 spiro atoms. The van der Waals surface area contributed by atoms with Gasteiger partial charge in [-0.1, -0.05) is 50.4 Å². The fourth-order valence-electron chi connectivity index (χ4n) is 2.50. The Morgan fingerprint density at radius 1 is 1.30 bits per heavy atom. The van der Waals surface area contributed by atoms with Crippen LogP contribution in [0.15, 0.2) is 18.2 Å². The molecule has 1 nitrogen and oxygen atoms in total. The second-order valence-electron chi connectivity index (χ2n) is 6.65. The van der Waals surface area contributed by atoms with Crippen LogP contribution in [0.25, 0.3) is 0 Å². The third kappa shape index (κ3) is 5.06. The van der Waals surface area contributed by atoms with Crippen LogP contribution in [-0.4, -0.2) is 12.1 Å². The van der Waals surface area contributed by atoms with E-state index >= 15 is 0 Å². The van der Waals surface area contributed by atoms with E-state index in [1.54, 1.807) is 6.07 Å². The van der Waals surface area contributed by atoms with Crippen LogP contribution >= 0.6 is 11.6 Å². The minimum absolute atomic E-state index is 0.0270. The van der Waals surface area contributed by atoms with Gasteiger partial charge in [-0.2, -0.15) is 0 Å². The lowest BCUT2D eigenvalue weighted by Gasteiger charge is -2.29. The van der Waals surface area contributed by atoms with Crippen molar-refractivity contribution in [3.05, 3.63) is 34.6 Å². The van der Waals surface area contributed by atoms with Crippen LogP contribution in [0.3, 0.4) is 0 Å². The highest BCUT2D eigenvalue weighted by Gasteiger charge is 2.24. The summed E-state index contributed by atoms with van der Waals surface area (Å²) >= 11 is 5.93. The minimum Gasteiger partial charge on any atom is -0.311 e. The fraction of sp³-hybridized carbons (Fsp3) is 0.647. The molecule has 0 radical (unpaired) electrons. The van der Waals surface area contributed by atoms with Crippen molar-refractivity contribution in [2.75, 3.05) is 6.54 Å². The Labute approximate surface area is 127 Å². The summed E-state index contributed by atoms with van der Waals surface area (Å²) in [6.07, 6.45) is 2.19. The summed E-state index contributed by atoms with van der Waals surface area (Å²) < 4.78 is 14.3. The Morgan fingerprint density at radius 2 is 1.95 bits per heavy atom. The molecule has 0 bridgehead atoms. The molecule has 0 aromatic heterocycles. The minimum atomic E-state index is -0.266. The SMILES string of the molecule is CCCC(C)C(CNC(C)(C)C)c1cccc(Cl)c1F. The van der Waals surface area contributed by atoms with Gasteiger partial charge < -0.3 is 5.32 Å². The second kappa shape index (κ2) is 7.42. The van der Waals surface area contributed by atoms with Crippen molar-refractivity contribution < 1.29 is 4.39 Å². The van der Waals surface area contributed by atoms with Gasteiger partial charge >= 0.3 is 0 Å². The van der Waals surface area contributed by atoms with Crippen molar-refractivity contribution in [2.45, 2.75) is 58.9 Å². The summed E-state index contributed by atoms with van der Waals surface area (Å²) in [6.45, 7) is 11.5. The molecule has 0 aliphatic carbocycles. The first-order chi connectivity index (χ1) is 9.26. The van der Waals surface area contributed by atoms with E-state index in [1.165, 1.54) is 0 Å². The molecule has 0 fully saturated rings. The molecule has 0 heterocycles. The molecule has 2 unspecified atom stereocenters. The van der Waals surface area contributed by atoms with Crippen molar-refractivity contribution in [1.82, 2.24) is 5.32 Å². The third-order valence-corrected chi connectivity index (χ3v) is 3.96. The number of halogens is 2. The van der Waals surface area contributed by atoms with E-state index < -0.39 is 0 Å². The van der Waals surface area contributed by atoms with Crippen LogP contribution in [0.2, 0.25) is 5.02 Å². The quantitative estimate of drug-likeness (QED) is 0.743. The third-order valence-electron chi connectivity index (χ3n) is 3.66. The zero-order valence-electron chi connectivity index (χ0n) is 13.3. The first-order valence-corrected chi connectivity index (χ1v) is 7.83. The number of rotatable bonds is 6. The summed E-state index contributed by atoms with van der Waals surface area (Å²) in [5.74, 6) is 0.300. The summed E-state index contributed by atoms with van der Waals surface area (Å²) in [5, 5.41) is 3.71. The first-order valence-electron chi connectivity index (χ1n) is 7.45. The number of hydrogen-bond donors (Lipinski definition) is 1. The van der Waals surface area contributed by atoms with Gasteiger partial charge in [0.25, 0.3) is 0 Å². The Hall–Kier alpha value is -0.600. The van der Waals surface area contributed by atoms with Gasteiger partial charge in [-0.15, -0.1) is 0 Å². The van der Waals surface area contributed by atoms with Gasteiger partial charge in [0, 0.05) is 18.0 Å². The van der Waals surface area contributed by atoms with E-state index in [9.17, 15) is 4.39 Å². The highest BCUT2D eigenvalue weighted by Crippen LogP contribution is 2.32. The Kier molecular flexibility index (Phi) is 6.47. The van der Waals surface area contributed by atoms with E-state index in [4.69, 9.17) is 11.6 Å². The van der Waals surface area contributed by atoms with Crippen LogP contribution in [0.4, 0.5) is 4.39 Å². The molecular weight excluding hydrogens is 273 g/mol. The topological polar surface area (TPSA) is 12.0 Å². The smallest absolute Gasteiger partial charge is 0.145 e. The molecule has 0 saturated heterocycles. The molecule has 1 aromatic carbocycles. The van der Waals surface area contributed by atoms with Crippen LogP contribution < -0.4 is 5.32 Å². The molecule has 0 saturated carbocycles. The number of hydrogen-bond acceptors (Lipinski definition) is 1. The Balaban J connectivity index is 3.00. The lowest BCUT2D eigenvalue weighted by Crippen LogP contribution is -2.40. The maximum Gasteiger partial charge on any atom is 0.145 e. The van der Waals surface area contributed by atoms with Gasteiger partial charge in [0.1, 0.15) is 5.82 Å². The fourth-order valence-corrected chi connectivity index (χ4v) is 2.68. The van der Waals surface area contributed by atoms with Gasteiger partial charge in [-0.3, -0.25) is 0 Å². The zero-order chi connectivity index (χ0) is 15.3. The maximum absolute atomic E-state index is 14.3. The summed E-state index contributed by atoms with van der Waals surface area (Å²) in [7, 11) is 0. The van der Waals surface area contributed by atoms with Crippen molar-refractivity contribution in [1.29, 1.82) is 0 Å². The Bertz CT molecular complexity index is 425. The lowest BCUT2D eigenvalue weighted by atomic mass is 9.83. The predicted octanol–water partition coefficient (Wildman–Crippen LogP) is 5.39. The van der Waals surface area contributed by atoms with Crippen LogP contribution in [0.1, 0.15) is 58.9 Å². The van der Waals surface area contributed by atoms with Gasteiger partial charge in [0.2, 0.25) is 0 Å². The average molecular weight is 300 g/mol. The highest BCUT2D eigenvalue weighted by atomic mass is 35.5. The molecule has 3 heteroatoms. The van der Waals surface area contributed by atoms with E-state index in [0.717, 1.165) is 24.9 Å². The first kappa shape index (κ1) is 17.5. The van der Waals surface area contributed by atoms with Gasteiger partial charge in [-0.05, 0) is 38.3 Å². The molecule has 1 N–H and O–H groups in total. The van der Waals surface area contributed by atoms with Crippen LogP contribution in [0.5, 0.6) is 0 Å². The molecule has 1 rings (SSSR count). The molecular formula is C17H27ClFN. The predicted molar refractivity (Wildman–Crippen MR) is 86.0 cm³/mol. The summed E-state index contributed by atoms with van der Waals surface area (Å²) in [5.41, 5.74) is 0.759. The summed E-state index contributed by atoms with van der Waals surface area (Å²) in [6, 6.07) is 5.31. The molecule has 0 aliphatic rings. The van der Waals surface area contributed by atoms with Crippen LogP contribution in [0, 0.1) is 11.7 Å². The highest BCUT2D eigenvalue weighted by molar-refractivity contribution is 6.30. The number of benzene rings is 1. The zero-order valence-corrected chi connectivity index (χ0v) is 14.0. The van der Waals surface area contributed by atoms with Gasteiger partial charge in [-0.25, -0.2) is 4.39 Å². The van der Waals surface area contributed by atoms with Crippen LogP contribution in [-0.2, 0) is 0 Å². The summed E-state index contributed by atoms with van der Waals surface area (Å²) in [4.78, 5) is 0. The number of nitrogens with one attached hydrogen (secondary N) is 1. The van der Waals surface area contributed by atoms with Crippen molar-refractivity contribution in [3.8, 4) is 0 Å². The Morgan fingerprint density at radius 3 is 2.50 bits per heavy atom. The second-order valence-corrected chi connectivity index (χ2v) is 7.05. The average Bonchev–Trinajstić information content (AvgIpc) is 2.33. The van der Waals surface area contributed by atoms with Crippen molar-refractivity contribution in [3.63, 3.8) is 0 Å². The molecule has 1 aromatic rings. The van der Waals surface area contributed by atoms with E-state index in [1.807, 2.05) is 12.1 Å². The normalized spacial score (nSPS) is 15.2. The monoisotopic (exact) mass is 299 g/mol. The molecule has 2 atom stereocenters.